The highest BCUT2D eigenvalue weighted by atomic mass is 79.9. The Morgan fingerprint density at radius 1 is 1.04 bits per heavy atom. The molecule has 1 N–H and O–H groups in total. The van der Waals surface area contributed by atoms with Crippen LogP contribution in [0.1, 0.15) is 49.5 Å². The molecule has 3 heterocycles. The summed E-state index contributed by atoms with van der Waals surface area (Å²) in [6.07, 6.45) is 2.59. The third-order valence-electron chi connectivity index (χ3n) is 11.0. The van der Waals surface area contributed by atoms with E-state index in [0.717, 1.165) is 0 Å². The summed E-state index contributed by atoms with van der Waals surface area (Å²) in [5.41, 5.74) is 0.379. The first-order chi connectivity index (χ1) is 26.0. The van der Waals surface area contributed by atoms with Crippen LogP contribution in [0.25, 0.3) is 0 Å². The van der Waals surface area contributed by atoms with Crippen molar-refractivity contribution < 1.29 is 33.8 Å². The molecule has 12 heteroatoms. The fourth-order valence-corrected chi connectivity index (χ4v) is 9.39. The van der Waals surface area contributed by atoms with E-state index in [1.165, 1.54) is 9.80 Å². The molecule has 3 aromatic rings. The van der Waals surface area contributed by atoms with E-state index in [1.54, 1.807) is 72.6 Å². The van der Waals surface area contributed by atoms with Crippen LogP contribution in [0.15, 0.2) is 110 Å². The fraction of sp³-hybridized carbons (Fsp3) is 0.381. The fourth-order valence-electron chi connectivity index (χ4n) is 8.33. The van der Waals surface area contributed by atoms with Crippen LogP contribution in [0, 0.1) is 11.8 Å². The zero-order chi connectivity index (χ0) is 38.7. The number of nitrogens with zero attached hydrogens (tertiary/aromatic N) is 3. The molecule has 3 amide bonds. The van der Waals surface area contributed by atoms with E-state index in [-0.39, 0.29) is 25.3 Å². The number of allylic oxidation sites excluding steroid dienone is 1. The van der Waals surface area contributed by atoms with E-state index >= 15 is 9.59 Å². The molecule has 0 aliphatic carbocycles. The molecular weight excluding hydrogens is 774 g/mol. The second-order valence-electron chi connectivity index (χ2n) is 14.1. The third kappa shape index (κ3) is 7.14. The van der Waals surface area contributed by atoms with Crippen LogP contribution in [0.4, 0.5) is 5.69 Å². The van der Waals surface area contributed by atoms with Crippen molar-refractivity contribution in [3.05, 3.63) is 126 Å². The van der Waals surface area contributed by atoms with E-state index in [4.69, 9.17) is 21.1 Å². The van der Waals surface area contributed by atoms with Gasteiger partial charge in [0.15, 0.2) is 0 Å². The average Bonchev–Trinajstić information content (AvgIpc) is 3.78. The Balaban J connectivity index is 1.42. The van der Waals surface area contributed by atoms with Crippen molar-refractivity contribution in [2.24, 2.45) is 11.8 Å². The molecule has 9 atom stereocenters. The molecule has 54 heavy (non-hydrogen) atoms. The SMILES string of the molecule is C=CCCC(=O)N(C)[C@H](C)[C@H](OC(=O)[C@@H]1[C@H]2O[C@@]3(CC2Br)[C@H](C(=O)N(CC=C)c2ccc(Cl)cc2)N([C@H](CO)c2ccccc2)C(=O)[C@@H]13)c1ccccc1. The quantitative estimate of drug-likeness (QED) is 0.107. The van der Waals surface area contributed by atoms with Crippen LogP contribution in [0.3, 0.4) is 0 Å². The van der Waals surface area contributed by atoms with Gasteiger partial charge in [-0.15, -0.1) is 13.2 Å². The zero-order valence-corrected chi connectivity index (χ0v) is 32.6. The molecule has 0 radical (unpaired) electrons. The van der Waals surface area contributed by atoms with Gasteiger partial charge in [-0.2, -0.15) is 0 Å². The number of esters is 1. The zero-order valence-electron chi connectivity index (χ0n) is 30.3. The number of likely N-dealkylation sites (N-methyl/N-ethyl adjacent to an activating group) is 1. The topological polar surface area (TPSA) is 117 Å². The molecule has 3 saturated heterocycles. The van der Waals surface area contributed by atoms with Gasteiger partial charge in [-0.3, -0.25) is 19.2 Å². The molecule has 3 aliphatic rings. The molecule has 1 unspecified atom stereocenters. The molecule has 3 fully saturated rings. The summed E-state index contributed by atoms with van der Waals surface area (Å²) in [4.78, 5) is 62.1. The van der Waals surface area contributed by atoms with Crippen LogP contribution in [-0.2, 0) is 28.7 Å². The number of carbonyl (C=O) groups excluding carboxylic acids is 4. The first-order valence-electron chi connectivity index (χ1n) is 18.1. The Hall–Kier alpha value is -4.29. The van der Waals surface area contributed by atoms with Crippen molar-refractivity contribution in [1.82, 2.24) is 9.80 Å². The van der Waals surface area contributed by atoms with E-state index < -0.39 is 77.0 Å². The summed E-state index contributed by atoms with van der Waals surface area (Å²) in [6, 6.07) is 22.2. The number of hydrogen-bond acceptors (Lipinski definition) is 7. The largest absolute Gasteiger partial charge is 0.455 e. The number of anilines is 1. The highest BCUT2D eigenvalue weighted by molar-refractivity contribution is 9.09. The highest BCUT2D eigenvalue weighted by Crippen LogP contribution is 2.61. The first-order valence-corrected chi connectivity index (χ1v) is 19.4. The van der Waals surface area contributed by atoms with Crippen LogP contribution < -0.4 is 4.90 Å². The maximum absolute atomic E-state index is 15.1. The average molecular weight is 819 g/mol. The van der Waals surface area contributed by atoms with Crippen LogP contribution in [-0.4, -0.2) is 87.4 Å². The van der Waals surface area contributed by atoms with Gasteiger partial charge in [-0.05, 0) is 55.2 Å². The van der Waals surface area contributed by atoms with Gasteiger partial charge < -0.3 is 29.3 Å². The minimum Gasteiger partial charge on any atom is -0.455 e. The molecule has 3 aliphatic heterocycles. The number of benzene rings is 3. The second kappa shape index (κ2) is 16.6. The van der Waals surface area contributed by atoms with Gasteiger partial charge >= 0.3 is 5.97 Å². The first kappa shape index (κ1) is 39.4. The van der Waals surface area contributed by atoms with Crippen molar-refractivity contribution in [3.8, 4) is 0 Å². The van der Waals surface area contributed by atoms with E-state index in [0.29, 0.717) is 28.3 Å². The second-order valence-corrected chi connectivity index (χ2v) is 15.7. The summed E-state index contributed by atoms with van der Waals surface area (Å²) in [6.45, 7) is 9.04. The Bertz CT molecular complexity index is 1860. The number of halogens is 2. The third-order valence-corrected chi connectivity index (χ3v) is 12.1. The summed E-state index contributed by atoms with van der Waals surface area (Å²) in [7, 11) is 1.67. The predicted octanol–water partition coefficient (Wildman–Crippen LogP) is 6.44. The van der Waals surface area contributed by atoms with Crippen molar-refractivity contribution in [1.29, 1.82) is 0 Å². The molecule has 6 rings (SSSR count). The number of alkyl halides is 1. The normalized spacial score (nSPS) is 25.7. The lowest BCUT2D eigenvalue weighted by atomic mass is 9.70. The molecule has 0 aromatic heterocycles. The van der Waals surface area contributed by atoms with Crippen molar-refractivity contribution in [2.45, 2.75) is 66.9 Å². The Morgan fingerprint density at radius 2 is 1.67 bits per heavy atom. The Morgan fingerprint density at radius 3 is 2.26 bits per heavy atom. The van der Waals surface area contributed by atoms with Crippen LogP contribution in [0.2, 0.25) is 5.02 Å². The number of amides is 3. The van der Waals surface area contributed by atoms with Gasteiger partial charge in [0, 0.05) is 35.6 Å². The minimum atomic E-state index is -1.45. The van der Waals surface area contributed by atoms with Gasteiger partial charge in [0.05, 0.1) is 36.6 Å². The van der Waals surface area contributed by atoms with Crippen molar-refractivity contribution in [2.75, 3.05) is 25.1 Å². The van der Waals surface area contributed by atoms with Gasteiger partial charge in [0.1, 0.15) is 17.7 Å². The summed E-state index contributed by atoms with van der Waals surface area (Å²) in [5, 5.41) is 11.4. The van der Waals surface area contributed by atoms with E-state index in [2.05, 4.69) is 29.1 Å². The molecule has 10 nitrogen and oxygen atoms in total. The van der Waals surface area contributed by atoms with Crippen molar-refractivity contribution in [3.63, 3.8) is 0 Å². The molecule has 0 saturated carbocycles. The predicted molar refractivity (Wildman–Crippen MR) is 210 cm³/mol. The van der Waals surface area contributed by atoms with Gasteiger partial charge in [-0.1, -0.05) is 100 Å². The lowest BCUT2D eigenvalue weighted by Gasteiger charge is -2.39. The molecular formula is C42H45BrClN3O7. The summed E-state index contributed by atoms with van der Waals surface area (Å²) in [5.74, 6) is -3.96. The van der Waals surface area contributed by atoms with Crippen LogP contribution in [0.5, 0.6) is 0 Å². The van der Waals surface area contributed by atoms with E-state index in [1.807, 2.05) is 43.3 Å². The molecule has 284 valence electrons. The molecule has 3 aromatic carbocycles. The number of likely N-dealkylation sites (tertiary alicyclic amines) is 1. The molecule has 2 bridgehead atoms. The lowest BCUT2D eigenvalue weighted by Crippen LogP contribution is -2.57. The van der Waals surface area contributed by atoms with E-state index in [9.17, 15) is 14.7 Å². The van der Waals surface area contributed by atoms with Crippen LogP contribution >= 0.6 is 27.5 Å². The molecule has 1 spiro atoms. The van der Waals surface area contributed by atoms with Gasteiger partial charge in [-0.25, -0.2) is 0 Å². The number of aliphatic hydroxyl groups is 1. The maximum Gasteiger partial charge on any atom is 0.313 e. The lowest BCUT2D eigenvalue weighted by molar-refractivity contribution is -0.165. The Labute approximate surface area is 329 Å². The van der Waals surface area contributed by atoms with Gasteiger partial charge in [0.2, 0.25) is 11.8 Å². The number of ether oxygens (including phenoxy) is 2. The smallest absolute Gasteiger partial charge is 0.313 e. The Kier molecular flexibility index (Phi) is 12.1. The van der Waals surface area contributed by atoms with Gasteiger partial charge in [0.25, 0.3) is 5.91 Å². The minimum absolute atomic E-state index is 0.108. The van der Waals surface area contributed by atoms with Crippen molar-refractivity contribution >= 4 is 56.9 Å². The standard InChI is InChI=1S/C42H45BrClN3O7/c1-5-7-18-33(49)45(4)26(3)36(28-16-12-9-13-17-28)53-41(52)34-35-39(50)47(32(25-48)27-14-10-8-11-15-27)38(42(35)24-31(43)37(34)54-42)40(51)46(23-6-2)30-21-19-29(44)20-22-30/h5-6,8-17,19-22,26,31-32,34-38,48H,1-2,7,18,23-25H2,3-4H3/t26-,31?,32-,34+,35-,36+,37+,38+,42-/m1/s1. The monoisotopic (exact) mass is 817 g/mol. The number of carbonyl (C=O) groups is 4. The maximum atomic E-state index is 15.1. The number of aliphatic hydroxyl groups excluding tert-OH is 1. The number of rotatable bonds is 15. The number of fused-ring (bicyclic) bond motifs is 1. The number of hydrogen-bond donors (Lipinski definition) is 1. The summed E-state index contributed by atoms with van der Waals surface area (Å²) < 4.78 is 13.2. The summed E-state index contributed by atoms with van der Waals surface area (Å²) >= 11 is 9.96. The highest BCUT2D eigenvalue weighted by Gasteiger charge is 2.78.